The van der Waals surface area contributed by atoms with Gasteiger partial charge in [-0.3, -0.25) is 19.7 Å². The van der Waals surface area contributed by atoms with Crippen LogP contribution in [0.4, 0.5) is 0 Å². The molecule has 0 bridgehead atoms. The molecule has 4 heterocycles. The first kappa shape index (κ1) is 19.3. The number of thiophene rings is 1. The van der Waals surface area contributed by atoms with Crippen molar-refractivity contribution in [3.05, 3.63) is 62.0 Å². The number of halogens is 1. The summed E-state index contributed by atoms with van der Waals surface area (Å²) in [6.07, 6.45) is 3.39. The molecule has 1 N–H and O–H groups in total. The van der Waals surface area contributed by atoms with Gasteiger partial charge in [-0.25, -0.2) is 13.4 Å². The van der Waals surface area contributed by atoms with E-state index in [1.807, 2.05) is 30.5 Å². The van der Waals surface area contributed by atoms with Crippen LogP contribution in [-0.2, 0) is 29.3 Å². The molecule has 1 aliphatic heterocycles. The van der Waals surface area contributed by atoms with Gasteiger partial charge in [-0.05, 0) is 23.8 Å². The van der Waals surface area contributed by atoms with Gasteiger partial charge in [0.05, 0.1) is 26.2 Å². The van der Waals surface area contributed by atoms with Crippen LogP contribution in [0.3, 0.4) is 0 Å². The summed E-state index contributed by atoms with van der Waals surface area (Å²) >= 11 is 7.46. The van der Waals surface area contributed by atoms with E-state index in [1.54, 1.807) is 0 Å². The number of rotatable bonds is 4. The molecule has 0 fully saturated rings. The molecule has 0 unspecified atom stereocenters. The van der Waals surface area contributed by atoms with Gasteiger partial charge in [0.1, 0.15) is 0 Å². The summed E-state index contributed by atoms with van der Waals surface area (Å²) in [6.45, 7) is 1.75. The molecule has 3 aromatic heterocycles. The molecule has 146 valence electrons. The number of hydrogen-bond acceptors (Lipinski definition) is 7. The molecule has 0 aliphatic carbocycles. The normalized spacial score (nSPS) is 14.8. The van der Waals surface area contributed by atoms with Crippen molar-refractivity contribution < 1.29 is 8.42 Å². The molecule has 0 radical (unpaired) electrons. The second kappa shape index (κ2) is 7.40. The first-order valence-electron chi connectivity index (χ1n) is 8.55. The lowest BCUT2D eigenvalue weighted by Crippen LogP contribution is -2.36. The molecule has 0 saturated heterocycles. The largest absolute Gasteiger partial charge is 0.297 e. The Hall–Kier alpha value is -2.07. The third-order valence-electron chi connectivity index (χ3n) is 4.53. The predicted octanol–water partition coefficient (Wildman–Crippen LogP) is 2.51. The SMILES string of the molecule is CS(=O)(=O)c1nc2c(c(=O)[nH]1)CN(Cc1ccc(-c3ccc(Cl)s3)nc1)CC2. The zero-order valence-corrected chi connectivity index (χ0v) is 17.4. The summed E-state index contributed by atoms with van der Waals surface area (Å²) in [5.74, 6) is 0. The van der Waals surface area contributed by atoms with E-state index in [0.717, 1.165) is 26.7 Å². The van der Waals surface area contributed by atoms with Crippen LogP contribution in [-0.4, -0.2) is 41.1 Å². The average molecular weight is 437 g/mol. The highest BCUT2D eigenvalue weighted by Crippen LogP contribution is 2.29. The van der Waals surface area contributed by atoms with Crippen molar-refractivity contribution in [2.24, 2.45) is 0 Å². The highest BCUT2D eigenvalue weighted by Gasteiger charge is 2.23. The van der Waals surface area contributed by atoms with Crippen LogP contribution >= 0.6 is 22.9 Å². The summed E-state index contributed by atoms with van der Waals surface area (Å²) < 4.78 is 24.0. The Kier molecular flexibility index (Phi) is 5.09. The Morgan fingerprint density at radius 1 is 1.29 bits per heavy atom. The fourth-order valence-electron chi connectivity index (χ4n) is 3.14. The van der Waals surface area contributed by atoms with E-state index in [4.69, 9.17) is 11.6 Å². The number of aromatic amines is 1. The first-order chi connectivity index (χ1) is 13.3. The third-order valence-corrected chi connectivity index (χ3v) is 6.68. The van der Waals surface area contributed by atoms with Gasteiger partial charge in [0.2, 0.25) is 15.0 Å². The summed E-state index contributed by atoms with van der Waals surface area (Å²) in [7, 11) is -3.54. The molecule has 0 atom stereocenters. The van der Waals surface area contributed by atoms with E-state index in [2.05, 4.69) is 19.9 Å². The van der Waals surface area contributed by atoms with Crippen molar-refractivity contribution in [2.75, 3.05) is 12.8 Å². The van der Waals surface area contributed by atoms with Crippen LogP contribution in [0.1, 0.15) is 16.8 Å². The molecule has 0 spiro atoms. The smallest absolute Gasteiger partial charge is 0.256 e. The predicted molar refractivity (Wildman–Crippen MR) is 108 cm³/mol. The van der Waals surface area contributed by atoms with Crippen LogP contribution in [0.15, 0.2) is 40.4 Å². The highest BCUT2D eigenvalue weighted by atomic mass is 35.5. The summed E-state index contributed by atoms with van der Waals surface area (Å²) in [5.41, 5.74) is 2.60. The fourth-order valence-corrected chi connectivity index (χ4v) is 4.72. The lowest BCUT2D eigenvalue weighted by Gasteiger charge is -2.27. The molecule has 7 nitrogen and oxygen atoms in total. The highest BCUT2D eigenvalue weighted by molar-refractivity contribution is 7.90. The lowest BCUT2D eigenvalue weighted by atomic mass is 10.1. The van der Waals surface area contributed by atoms with Crippen LogP contribution in [0.2, 0.25) is 4.34 Å². The Labute approximate surface area is 171 Å². The number of aromatic nitrogens is 3. The molecule has 3 aromatic rings. The van der Waals surface area contributed by atoms with Gasteiger partial charge >= 0.3 is 0 Å². The van der Waals surface area contributed by atoms with E-state index >= 15 is 0 Å². The molecular formula is C18H17ClN4O3S2. The minimum atomic E-state index is -3.54. The van der Waals surface area contributed by atoms with Crippen LogP contribution in [0.25, 0.3) is 10.6 Å². The number of nitrogens with one attached hydrogen (secondary N) is 1. The molecular weight excluding hydrogens is 420 g/mol. The van der Waals surface area contributed by atoms with Crippen molar-refractivity contribution in [3.63, 3.8) is 0 Å². The topological polar surface area (TPSA) is 96.0 Å². The fraction of sp³-hybridized carbons (Fsp3) is 0.278. The van der Waals surface area contributed by atoms with Gasteiger partial charge in [0.25, 0.3) is 5.56 Å². The third kappa shape index (κ3) is 4.02. The number of hydrogen-bond donors (Lipinski definition) is 1. The molecule has 28 heavy (non-hydrogen) atoms. The molecule has 4 rings (SSSR count). The van der Waals surface area contributed by atoms with Crippen molar-refractivity contribution in [1.82, 2.24) is 19.9 Å². The zero-order valence-electron chi connectivity index (χ0n) is 15.0. The van der Waals surface area contributed by atoms with E-state index in [1.165, 1.54) is 11.3 Å². The van der Waals surface area contributed by atoms with Gasteiger partial charge in [0, 0.05) is 38.5 Å². The Morgan fingerprint density at radius 3 is 2.75 bits per heavy atom. The van der Waals surface area contributed by atoms with Crippen LogP contribution in [0, 0.1) is 0 Å². The maximum Gasteiger partial charge on any atom is 0.256 e. The molecule has 1 aliphatic rings. The zero-order chi connectivity index (χ0) is 19.9. The maximum atomic E-state index is 12.3. The molecule has 0 saturated carbocycles. The van der Waals surface area contributed by atoms with E-state index in [0.29, 0.717) is 37.3 Å². The molecule has 0 aromatic carbocycles. The number of nitrogens with zero attached hydrogens (tertiary/aromatic N) is 3. The monoisotopic (exact) mass is 436 g/mol. The Balaban J connectivity index is 1.50. The standard InChI is InChI=1S/C18H17ClN4O3S2/c1-28(25,26)18-21-13-6-7-23(10-12(13)17(24)22-18)9-11-2-3-14(20-8-11)15-4-5-16(19)27-15/h2-5,8H,6-7,9-10H2,1H3,(H,21,22,24). The Bertz CT molecular complexity index is 1190. The van der Waals surface area contributed by atoms with Crippen LogP contribution in [0.5, 0.6) is 0 Å². The number of fused-ring (bicyclic) bond motifs is 1. The van der Waals surface area contributed by atoms with Gasteiger partial charge < -0.3 is 0 Å². The second-order valence-electron chi connectivity index (χ2n) is 6.68. The van der Waals surface area contributed by atoms with E-state index in [-0.39, 0.29) is 5.16 Å². The van der Waals surface area contributed by atoms with Crippen molar-refractivity contribution in [2.45, 2.75) is 24.7 Å². The second-order valence-corrected chi connectivity index (χ2v) is 10.3. The summed E-state index contributed by atoms with van der Waals surface area (Å²) in [5, 5.41) is -0.266. The van der Waals surface area contributed by atoms with E-state index in [9.17, 15) is 13.2 Å². The van der Waals surface area contributed by atoms with Gasteiger partial charge in [-0.15, -0.1) is 11.3 Å². The van der Waals surface area contributed by atoms with Crippen molar-refractivity contribution in [1.29, 1.82) is 0 Å². The lowest BCUT2D eigenvalue weighted by molar-refractivity contribution is 0.240. The minimum absolute atomic E-state index is 0.266. The Morgan fingerprint density at radius 2 is 2.11 bits per heavy atom. The van der Waals surface area contributed by atoms with Crippen LogP contribution < -0.4 is 5.56 Å². The molecule has 0 amide bonds. The number of sulfone groups is 1. The quantitative estimate of drug-likeness (QED) is 0.631. The van der Waals surface area contributed by atoms with E-state index < -0.39 is 15.4 Å². The molecule has 10 heteroatoms. The van der Waals surface area contributed by atoms with Gasteiger partial charge in [-0.1, -0.05) is 17.7 Å². The van der Waals surface area contributed by atoms with Gasteiger partial charge in [-0.2, -0.15) is 0 Å². The maximum absolute atomic E-state index is 12.3. The minimum Gasteiger partial charge on any atom is -0.297 e. The first-order valence-corrected chi connectivity index (χ1v) is 11.6. The average Bonchev–Trinajstić information content (AvgIpc) is 3.08. The van der Waals surface area contributed by atoms with Gasteiger partial charge in [0.15, 0.2) is 0 Å². The van der Waals surface area contributed by atoms with Crippen molar-refractivity contribution in [3.8, 4) is 10.6 Å². The summed E-state index contributed by atoms with van der Waals surface area (Å²) in [6, 6.07) is 7.77. The van der Waals surface area contributed by atoms with Crippen molar-refractivity contribution >= 4 is 32.8 Å². The number of pyridine rings is 1. The number of H-pyrrole nitrogens is 1. The summed E-state index contributed by atoms with van der Waals surface area (Å²) in [4.78, 5) is 26.5.